The van der Waals surface area contributed by atoms with Crippen LogP contribution < -0.4 is 11.1 Å². The van der Waals surface area contributed by atoms with E-state index >= 15 is 0 Å². The predicted octanol–water partition coefficient (Wildman–Crippen LogP) is 0.572. The third-order valence-electron chi connectivity index (χ3n) is 2.30. The minimum Gasteiger partial charge on any atom is -0.475 e. The number of carbonyl (C=O) groups excluding carboxylic acids is 2. The molecule has 0 heterocycles. The molecule has 7 nitrogen and oxygen atoms in total. The van der Waals surface area contributed by atoms with E-state index in [-0.39, 0.29) is 19.4 Å². The lowest BCUT2D eigenvalue weighted by molar-refractivity contribution is -0.126. The van der Waals surface area contributed by atoms with E-state index in [0.717, 1.165) is 18.5 Å². The van der Waals surface area contributed by atoms with Crippen molar-refractivity contribution in [2.24, 2.45) is 10.7 Å². The molecule has 0 aliphatic rings. The maximum atomic E-state index is 10.8. The van der Waals surface area contributed by atoms with Gasteiger partial charge in [0.25, 0.3) is 0 Å². The van der Waals surface area contributed by atoms with Gasteiger partial charge >= 0.3 is 0 Å². The summed E-state index contributed by atoms with van der Waals surface area (Å²) in [5.74, 6) is -0.554. The van der Waals surface area contributed by atoms with Gasteiger partial charge in [0, 0.05) is 5.70 Å². The van der Waals surface area contributed by atoms with E-state index in [4.69, 9.17) is 10.5 Å². The van der Waals surface area contributed by atoms with Gasteiger partial charge in [-0.1, -0.05) is 13.3 Å². The molecule has 0 aliphatic carbocycles. The van der Waals surface area contributed by atoms with Crippen LogP contribution in [0.4, 0.5) is 0 Å². The van der Waals surface area contributed by atoms with Crippen LogP contribution in [0.15, 0.2) is 17.0 Å². The van der Waals surface area contributed by atoms with Gasteiger partial charge in [-0.2, -0.15) is 0 Å². The van der Waals surface area contributed by atoms with Crippen LogP contribution in [0.25, 0.3) is 0 Å². The second kappa shape index (κ2) is 10.8. The fourth-order valence-corrected chi connectivity index (χ4v) is 1.42. The number of nitrogens with two attached hydrogens (primary N) is 1. The third kappa shape index (κ3) is 8.96. The Morgan fingerprint density at radius 2 is 2.25 bits per heavy atom. The number of primary amides is 1. The minimum atomic E-state index is -0.554. The molecule has 0 bridgehead atoms. The van der Waals surface area contributed by atoms with Crippen LogP contribution in [0, 0.1) is 0 Å². The zero-order valence-electron chi connectivity index (χ0n) is 12.3. The Bertz CT molecular complexity index is 356. The maximum absolute atomic E-state index is 10.8. The first kappa shape index (κ1) is 17.9. The molecule has 3 N–H and O–H groups in total. The number of hydrogen-bond donors (Lipinski definition) is 2. The standard InChI is InChI=1S/C13H24N4O3/c1-4-6-12(8-20-11(3)15-5-2)16-9-17(10-18)7-13(14)19/h5,8,10-11,16H,4,6-7,9H2,1-3H3,(H2,14,19)/b12-8+,15-5?. The first-order chi connectivity index (χ1) is 9.53. The van der Waals surface area contributed by atoms with E-state index in [9.17, 15) is 9.59 Å². The highest BCUT2D eigenvalue weighted by Gasteiger charge is 2.06. The third-order valence-corrected chi connectivity index (χ3v) is 2.30. The molecule has 0 radical (unpaired) electrons. The zero-order chi connectivity index (χ0) is 15.4. The van der Waals surface area contributed by atoms with Gasteiger partial charge in [-0.25, -0.2) is 0 Å². The van der Waals surface area contributed by atoms with E-state index < -0.39 is 5.91 Å². The predicted molar refractivity (Wildman–Crippen MR) is 77.7 cm³/mol. The fraction of sp³-hybridized carbons (Fsp3) is 0.615. The van der Waals surface area contributed by atoms with Crippen molar-refractivity contribution in [3.8, 4) is 0 Å². The molecule has 0 aromatic carbocycles. The van der Waals surface area contributed by atoms with Crippen molar-refractivity contribution >= 4 is 18.5 Å². The quantitative estimate of drug-likeness (QED) is 0.251. The molecule has 0 fully saturated rings. The lowest BCUT2D eigenvalue weighted by Crippen LogP contribution is -2.38. The number of carbonyl (C=O) groups is 2. The summed E-state index contributed by atoms with van der Waals surface area (Å²) in [5.41, 5.74) is 5.88. The monoisotopic (exact) mass is 284 g/mol. The number of allylic oxidation sites excluding steroid dienone is 1. The summed E-state index contributed by atoms with van der Waals surface area (Å²) in [6, 6.07) is 0. The van der Waals surface area contributed by atoms with Crippen LogP contribution in [0.2, 0.25) is 0 Å². The smallest absolute Gasteiger partial charge is 0.237 e. The Kier molecular flexibility index (Phi) is 9.72. The molecule has 0 saturated heterocycles. The Labute approximate surface area is 119 Å². The van der Waals surface area contributed by atoms with Crippen LogP contribution in [-0.4, -0.2) is 42.9 Å². The average molecular weight is 284 g/mol. The molecular formula is C13H24N4O3. The van der Waals surface area contributed by atoms with Crippen LogP contribution in [0.3, 0.4) is 0 Å². The summed E-state index contributed by atoms with van der Waals surface area (Å²) in [7, 11) is 0. The van der Waals surface area contributed by atoms with Crippen molar-refractivity contribution in [1.29, 1.82) is 0 Å². The summed E-state index contributed by atoms with van der Waals surface area (Å²) in [5, 5.41) is 3.05. The van der Waals surface area contributed by atoms with Crippen LogP contribution in [0.5, 0.6) is 0 Å². The fourth-order valence-electron chi connectivity index (χ4n) is 1.42. The number of ether oxygens (including phenoxy) is 1. The van der Waals surface area contributed by atoms with E-state index in [1.807, 2.05) is 20.8 Å². The van der Waals surface area contributed by atoms with Gasteiger partial charge in [-0.05, 0) is 26.5 Å². The number of nitrogens with zero attached hydrogens (tertiary/aromatic N) is 2. The SMILES string of the molecule is CC=NC(C)O/C=C(\CCC)NCN(C=O)CC(N)=O. The number of aliphatic imine (C=N–C) groups is 1. The number of hydrogen-bond acceptors (Lipinski definition) is 5. The molecule has 0 spiro atoms. The molecule has 0 aliphatic heterocycles. The summed E-state index contributed by atoms with van der Waals surface area (Å²) >= 11 is 0. The van der Waals surface area contributed by atoms with E-state index in [0.29, 0.717) is 6.41 Å². The Morgan fingerprint density at radius 3 is 2.75 bits per heavy atom. The highest BCUT2D eigenvalue weighted by Crippen LogP contribution is 2.03. The van der Waals surface area contributed by atoms with Crippen LogP contribution >= 0.6 is 0 Å². The first-order valence-corrected chi connectivity index (χ1v) is 6.57. The molecule has 7 heteroatoms. The normalized spacial score (nSPS) is 13.1. The molecule has 0 aromatic rings. The van der Waals surface area contributed by atoms with E-state index in [1.165, 1.54) is 4.90 Å². The van der Waals surface area contributed by atoms with Crippen molar-refractivity contribution in [3.05, 3.63) is 12.0 Å². The van der Waals surface area contributed by atoms with Gasteiger partial charge < -0.3 is 20.7 Å². The van der Waals surface area contributed by atoms with Crippen molar-refractivity contribution in [3.63, 3.8) is 0 Å². The van der Waals surface area contributed by atoms with Crippen molar-refractivity contribution in [2.75, 3.05) is 13.2 Å². The first-order valence-electron chi connectivity index (χ1n) is 6.57. The van der Waals surface area contributed by atoms with Gasteiger partial charge in [0.05, 0.1) is 6.67 Å². The van der Waals surface area contributed by atoms with Gasteiger partial charge in [0.15, 0.2) is 6.23 Å². The average Bonchev–Trinajstić information content (AvgIpc) is 2.40. The van der Waals surface area contributed by atoms with Gasteiger partial charge in [-0.3, -0.25) is 14.6 Å². The van der Waals surface area contributed by atoms with Gasteiger partial charge in [-0.15, -0.1) is 0 Å². The Balaban J connectivity index is 4.41. The lowest BCUT2D eigenvalue weighted by Gasteiger charge is -2.18. The summed E-state index contributed by atoms with van der Waals surface area (Å²) in [6.07, 6.45) is 5.27. The topological polar surface area (TPSA) is 97.0 Å². The second-order valence-corrected chi connectivity index (χ2v) is 4.19. The summed E-state index contributed by atoms with van der Waals surface area (Å²) in [4.78, 5) is 26.8. The molecule has 0 aromatic heterocycles. The highest BCUT2D eigenvalue weighted by molar-refractivity contribution is 5.77. The Hall–Kier alpha value is -2.05. The van der Waals surface area contributed by atoms with E-state index in [1.54, 1.807) is 12.5 Å². The van der Waals surface area contributed by atoms with Crippen molar-refractivity contribution < 1.29 is 14.3 Å². The molecular weight excluding hydrogens is 260 g/mol. The van der Waals surface area contributed by atoms with E-state index in [2.05, 4.69) is 10.3 Å². The zero-order valence-corrected chi connectivity index (χ0v) is 12.3. The Morgan fingerprint density at radius 1 is 1.55 bits per heavy atom. The number of nitrogens with one attached hydrogen (secondary N) is 1. The molecule has 1 unspecified atom stereocenters. The van der Waals surface area contributed by atoms with Crippen molar-refractivity contribution in [1.82, 2.24) is 10.2 Å². The van der Waals surface area contributed by atoms with Gasteiger partial charge in [0.2, 0.25) is 12.3 Å². The summed E-state index contributed by atoms with van der Waals surface area (Å²) < 4.78 is 5.42. The second-order valence-electron chi connectivity index (χ2n) is 4.19. The molecule has 0 saturated carbocycles. The number of amides is 2. The highest BCUT2D eigenvalue weighted by atomic mass is 16.5. The number of rotatable bonds is 11. The molecule has 2 amide bonds. The van der Waals surface area contributed by atoms with Crippen LogP contribution in [-0.2, 0) is 14.3 Å². The lowest BCUT2D eigenvalue weighted by atomic mass is 10.3. The molecule has 20 heavy (non-hydrogen) atoms. The molecule has 0 rings (SSSR count). The maximum Gasteiger partial charge on any atom is 0.237 e. The molecule has 114 valence electrons. The largest absolute Gasteiger partial charge is 0.475 e. The van der Waals surface area contributed by atoms with Gasteiger partial charge in [0.1, 0.15) is 12.8 Å². The summed E-state index contributed by atoms with van der Waals surface area (Å²) in [6.45, 7) is 5.76. The van der Waals surface area contributed by atoms with Crippen molar-refractivity contribution in [2.45, 2.75) is 39.8 Å². The van der Waals surface area contributed by atoms with Crippen LogP contribution in [0.1, 0.15) is 33.6 Å². The minimum absolute atomic E-state index is 0.118. The molecule has 1 atom stereocenters.